The molecule has 0 heterocycles. The van der Waals surface area contributed by atoms with Crippen molar-refractivity contribution in [3.8, 4) is 0 Å². The van der Waals surface area contributed by atoms with Crippen LogP contribution in [0.5, 0.6) is 0 Å². The molecule has 0 aromatic carbocycles. The van der Waals surface area contributed by atoms with Crippen molar-refractivity contribution < 1.29 is 28.6 Å². The van der Waals surface area contributed by atoms with E-state index in [4.69, 9.17) is 14.2 Å². The molecule has 72 heavy (non-hydrogen) atoms. The molecule has 0 saturated carbocycles. The number of esters is 3. The van der Waals surface area contributed by atoms with Crippen LogP contribution in [0.2, 0.25) is 0 Å². The van der Waals surface area contributed by atoms with Gasteiger partial charge in [-0.25, -0.2) is 0 Å². The summed E-state index contributed by atoms with van der Waals surface area (Å²) in [7, 11) is 0. The zero-order valence-corrected chi connectivity index (χ0v) is 46.9. The lowest BCUT2D eigenvalue weighted by Gasteiger charge is -2.18. The predicted molar refractivity (Wildman–Crippen MR) is 311 cm³/mol. The first-order valence-electron chi connectivity index (χ1n) is 29.9. The molecule has 1 unspecified atom stereocenters. The summed E-state index contributed by atoms with van der Waals surface area (Å²) in [6.07, 6.45) is 81.1. The van der Waals surface area contributed by atoms with Crippen molar-refractivity contribution in [3.63, 3.8) is 0 Å². The van der Waals surface area contributed by atoms with E-state index in [1.54, 1.807) is 0 Å². The van der Waals surface area contributed by atoms with Gasteiger partial charge < -0.3 is 14.2 Å². The highest BCUT2D eigenvalue weighted by Crippen LogP contribution is 2.15. The lowest BCUT2D eigenvalue weighted by atomic mass is 10.1. The molecule has 0 aliphatic carbocycles. The van der Waals surface area contributed by atoms with Crippen LogP contribution in [-0.2, 0) is 28.6 Å². The minimum absolute atomic E-state index is 0.0868. The van der Waals surface area contributed by atoms with E-state index in [1.807, 2.05) is 0 Å². The van der Waals surface area contributed by atoms with Crippen molar-refractivity contribution in [1.29, 1.82) is 0 Å². The van der Waals surface area contributed by atoms with Crippen LogP contribution in [0.3, 0.4) is 0 Å². The number of allylic oxidation sites excluding steroid dienone is 18. The van der Waals surface area contributed by atoms with Crippen molar-refractivity contribution in [2.24, 2.45) is 0 Å². The molecular formula is C66H110O6. The maximum atomic E-state index is 12.8. The van der Waals surface area contributed by atoms with Gasteiger partial charge in [-0.3, -0.25) is 14.4 Å². The average Bonchev–Trinajstić information content (AvgIpc) is 3.38. The van der Waals surface area contributed by atoms with Gasteiger partial charge >= 0.3 is 17.9 Å². The van der Waals surface area contributed by atoms with Crippen molar-refractivity contribution in [3.05, 3.63) is 109 Å². The van der Waals surface area contributed by atoms with Crippen LogP contribution in [0.15, 0.2) is 109 Å². The summed E-state index contributed by atoms with van der Waals surface area (Å²) in [5.74, 6) is -0.919. The first-order chi connectivity index (χ1) is 35.5. The molecule has 6 heteroatoms. The van der Waals surface area contributed by atoms with Gasteiger partial charge in [0.15, 0.2) is 6.10 Å². The van der Waals surface area contributed by atoms with Gasteiger partial charge in [0.05, 0.1) is 0 Å². The zero-order valence-electron chi connectivity index (χ0n) is 46.9. The van der Waals surface area contributed by atoms with Crippen LogP contribution in [-0.4, -0.2) is 37.2 Å². The van der Waals surface area contributed by atoms with Gasteiger partial charge in [-0.05, 0) is 109 Å². The molecule has 0 saturated heterocycles. The summed E-state index contributed by atoms with van der Waals surface area (Å²) in [6, 6.07) is 0. The molecule has 0 amide bonds. The van der Waals surface area contributed by atoms with Crippen molar-refractivity contribution in [2.45, 2.75) is 277 Å². The van der Waals surface area contributed by atoms with Crippen LogP contribution >= 0.6 is 0 Å². The van der Waals surface area contributed by atoms with E-state index in [2.05, 4.69) is 130 Å². The number of ether oxygens (including phenoxy) is 3. The molecule has 0 fully saturated rings. The van der Waals surface area contributed by atoms with Gasteiger partial charge in [0, 0.05) is 19.3 Å². The second-order valence-electron chi connectivity index (χ2n) is 19.5. The Bertz CT molecular complexity index is 1470. The van der Waals surface area contributed by atoms with Crippen molar-refractivity contribution in [1.82, 2.24) is 0 Å². The summed E-state index contributed by atoms with van der Waals surface area (Å²) in [6.45, 7) is 6.44. The fourth-order valence-corrected chi connectivity index (χ4v) is 8.04. The molecule has 0 N–H and O–H groups in total. The summed E-state index contributed by atoms with van der Waals surface area (Å²) >= 11 is 0. The minimum Gasteiger partial charge on any atom is -0.462 e. The Kier molecular flexibility index (Phi) is 56.4. The Morgan fingerprint density at radius 3 is 0.847 bits per heavy atom. The van der Waals surface area contributed by atoms with Crippen molar-refractivity contribution >= 4 is 17.9 Å². The number of carbonyl (C=O) groups excluding carboxylic acids is 3. The van der Waals surface area contributed by atoms with Crippen LogP contribution in [0.1, 0.15) is 271 Å². The normalized spacial score (nSPS) is 12.9. The second-order valence-corrected chi connectivity index (χ2v) is 19.5. The van der Waals surface area contributed by atoms with E-state index in [9.17, 15) is 14.4 Å². The fourth-order valence-electron chi connectivity index (χ4n) is 8.04. The van der Waals surface area contributed by atoms with Gasteiger partial charge in [-0.15, -0.1) is 0 Å². The van der Waals surface area contributed by atoms with Crippen LogP contribution in [0.4, 0.5) is 0 Å². The lowest BCUT2D eigenvalue weighted by molar-refractivity contribution is -0.167. The Balaban J connectivity index is 4.21. The Morgan fingerprint density at radius 1 is 0.292 bits per heavy atom. The Labute approximate surface area is 444 Å². The third kappa shape index (κ3) is 57.0. The molecule has 0 bridgehead atoms. The first kappa shape index (κ1) is 68.1. The highest BCUT2D eigenvalue weighted by Gasteiger charge is 2.19. The molecule has 0 rings (SSSR count). The van der Waals surface area contributed by atoms with Gasteiger partial charge in [-0.2, -0.15) is 0 Å². The third-order valence-corrected chi connectivity index (χ3v) is 12.5. The van der Waals surface area contributed by atoms with E-state index < -0.39 is 6.10 Å². The number of rotatable bonds is 53. The topological polar surface area (TPSA) is 78.9 Å². The molecule has 6 nitrogen and oxygen atoms in total. The van der Waals surface area contributed by atoms with Crippen LogP contribution in [0, 0.1) is 0 Å². The molecule has 0 aliphatic rings. The van der Waals surface area contributed by atoms with E-state index in [0.717, 1.165) is 128 Å². The van der Waals surface area contributed by atoms with E-state index >= 15 is 0 Å². The number of unbranched alkanes of at least 4 members (excludes halogenated alkanes) is 24. The molecule has 0 radical (unpaired) electrons. The molecule has 0 aliphatic heterocycles. The standard InChI is InChI=1S/C66H110O6/c1-4-7-10-13-16-18-20-22-24-26-28-30-31-32-33-34-35-37-38-40-42-44-46-48-50-53-56-59-65(68)71-62-63(61-70-64(67)58-55-52-15-12-9-6-3)72-66(69)60-57-54-51-49-47-45-43-41-39-36-29-27-25-23-21-19-17-14-11-8-5-2/h7,10,16,18,21-24,27-30,32-33,35,37,40,42,63H,4-6,8-9,11-15,17,19-20,25-26,31,34,36,38-39,41,43-62H2,1-3H3/b10-7-,18-16-,23-21-,24-22-,29-27-,30-28-,33-32-,37-35-,42-40-. The fraction of sp³-hybridized carbons (Fsp3) is 0.682. The van der Waals surface area contributed by atoms with Gasteiger partial charge in [-0.1, -0.05) is 252 Å². The van der Waals surface area contributed by atoms with E-state index in [0.29, 0.717) is 19.3 Å². The van der Waals surface area contributed by atoms with Gasteiger partial charge in [0.1, 0.15) is 13.2 Å². The number of carbonyl (C=O) groups is 3. The summed E-state index contributed by atoms with van der Waals surface area (Å²) in [5, 5.41) is 0. The molecule has 0 aromatic heterocycles. The first-order valence-corrected chi connectivity index (χ1v) is 29.9. The SMILES string of the molecule is CC/C=C\C/C=C\C/C=C\C/C=C\C/C=C\C/C=C\C/C=C\CCCCCCCC(=O)OCC(COC(=O)CCCCCCCC)OC(=O)CCCCCCCCCCC/C=C\C/C=C\CCCCCCC. The quantitative estimate of drug-likeness (QED) is 0.0261. The molecule has 410 valence electrons. The summed E-state index contributed by atoms with van der Waals surface area (Å²) < 4.78 is 16.8. The predicted octanol–water partition coefficient (Wildman–Crippen LogP) is 20.3. The maximum absolute atomic E-state index is 12.8. The second kappa shape index (κ2) is 59.6. The third-order valence-electron chi connectivity index (χ3n) is 12.5. The van der Waals surface area contributed by atoms with E-state index in [-0.39, 0.29) is 31.1 Å². The monoisotopic (exact) mass is 999 g/mol. The average molecular weight is 1000 g/mol. The maximum Gasteiger partial charge on any atom is 0.306 e. The molecule has 0 aromatic rings. The van der Waals surface area contributed by atoms with E-state index in [1.165, 1.54) is 103 Å². The number of hydrogen-bond donors (Lipinski definition) is 0. The molecule has 1 atom stereocenters. The van der Waals surface area contributed by atoms with Crippen LogP contribution in [0.25, 0.3) is 0 Å². The Morgan fingerprint density at radius 2 is 0.542 bits per heavy atom. The smallest absolute Gasteiger partial charge is 0.306 e. The largest absolute Gasteiger partial charge is 0.462 e. The summed E-state index contributed by atoms with van der Waals surface area (Å²) in [4.78, 5) is 37.9. The highest BCUT2D eigenvalue weighted by molar-refractivity contribution is 5.71. The van der Waals surface area contributed by atoms with Crippen molar-refractivity contribution in [2.75, 3.05) is 13.2 Å². The number of hydrogen-bond acceptors (Lipinski definition) is 6. The zero-order chi connectivity index (χ0) is 52.2. The van der Waals surface area contributed by atoms with Crippen LogP contribution < -0.4 is 0 Å². The molecular weight excluding hydrogens is 889 g/mol. The highest BCUT2D eigenvalue weighted by atomic mass is 16.6. The van der Waals surface area contributed by atoms with Gasteiger partial charge in [0.25, 0.3) is 0 Å². The minimum atomic E-state index is -0.787. The Hall–Kier alpha value is -3.93. The van der Waals surface area contributed by atoms with Gasteiger partial charge in [0.2, 0.25) is 0 Å². The lowest BCUT2D eigenvalue weighted by Crippen LogP contribution is -2.30. The summed E-state index contributed by atoms with van der Waals surface area (Å²) in [5.41, 5.74) is 0. The molecule has 0 spiro atoms.